The van der Waals surface area contributed by atoms with E-state index in [1.165, 1.54) is 44.1 Å². The average Bonchev–Trinajstić information content (AvgIpc) is 3.87. The molecule has 284 valence electrons. The van der Waals surface area contributed by atoms with Gasteiger partial charge in [-0.25, -0.2) is 9.36 Å². The van der Waals surface area contributed by atoms with Crippen molar-refractivity contribution in [1.29, 1.82) is 0 Å². The predicted molar refractivity (Wildman–Crippen MR) is 208 cm³/mol. The van der Waals surface area contributed by atoms with Crippen molar-refractivity contribution in [1.82, 2.24) is 39.1 Å². The van der Waals surface area contributed by atoms with Crippen LogP contribution in [0.15, 0.2) is 65.9 Å². The highest BCUT2D eigenvalue weighted by atomic mass is 79.9. The van der Waals surface area contributed by atoms with Crippen molar-refractivity contribution in [2.45, 2.75) is 62.1 Å². The van der Waals surface area contributed by atoms with Crippen LogP contribution in [0.3, 0.4) is 0 Å². The highest BCUT2D eigenvalue weighted by Gasteiger charge is 2.66. The highest BCUT2D eigenvalue weighted by Crippen LogP contribution is 2.74. The number of carbonyl (C=O) groups excluding carboxylic acids is 4. The minimum absolute atomic E-state index is 0.250. The zero-order chi connectivity index (χ0) is 40.3. The number of alkyl halides is 2. The zero-order valence-corrected chi connectivity index (χ0v) is 34.5. The van der Waals surface area contributed by atoms with Crippen LogP contribution in [0.1, 0.15) is 59.3 Å². The number of aryl methyl sites for hydroxylation is 2. The summed E-state index contributed by atoms with van der Waals surface area (Å²) < 4.78 is 24.3. The highest BCUT2D eigenvalue weighted by molar-refractivity contribution is 9.10. The third kappa shape index (κ3) is 8.17. The monoisotopic (exact) mass is 905 g/mol. The summed E-state index contributed by atoms with van der Waals surface area (Å²) in [5.74, 6) is 0. The van der Waals surface area contributed by atoms with E-state index in [0.29, 0.717) is 20.2 Å². The van der Waals surface area contributed by atoms with Crippen LogP contribution in [0.4, 0.5) is 4.39 Å². The van der Waals surface area contributed by atoms with Gasteiger partial charge in [0.25, 0.3) is 0 Å². The van der Waals surface area contributed by atoms with Crippen LogP contribution in [-0.2, 0) is 38.7 Å². The smallest absolute Gasteiger partial charge is 0.274 e. The van der Waals surface area contributed by atoms with Crippen LogP contribution in [-0.4, -0.2) is 62.9 Å². The Morgan fingerprint density at radius 2 is 1.13 bits per heavy atom. The fraction of sp³-hybridized carbons (Fsp3) is 0.405. The molecule has 4 aromatic heterocycles. The van der Waals surface area contributed by atoms with Gasteiger partial charge in [-0.3, -0.25) is 13.8 Å². The van der Waals surface area contributed by atoms with Crippen molar-refractivity contribution in [3.8, 4) is 11.4 Å². The average molecular weight is 908 g/mol. The third-order valence-corrected chi connectivity index (χ3v) is 12.6. The van der Waals surface area contributed by atoms with E-state index >= 15 is 0 Å². The Balaban J connectivity index is 0.000000154. The Hall–Kier alpha value is -3.97. The molecule has 0 radical (unpaired) electrons. The van der Waals surface area contributed by atoms with Crippen LogP contribution in [0.5, 0.6) is 0 Å². The fourth-order valence-electron chi connectivity index (χ4n) is 8.64. The molecule has 4 bridgehead atoms. The molecule has 0 spiro atoms. The summed E-state index contributed by atoms with van der Waals surface area (Å²) in [6.45, 7) is 4.75. The van der Waals surface area contributed by atoms with Crippen molar-refractivity contribution in [2.24, 2.45) is 24.9 Å². The van der Waals surface area contributed by atoms with Gasteiger partial charge in [-0.1, -0.05) is 53.0 Å². The number of fused-ring (bicyclic) bond motifs is 2. The van der Waals surface area contributed by atoms with Crippen LogP contribution >= 0.6 is 55.1 Å². The molecule has 6 aliphatic carbocycles. The molecule has 6 aliphatic rings. The van der Waals surface area contributed by atoms with Crippen molar-refractivity contribution in [2.75, 3.05) is 7.15 Å². The van der Waals surface area contributed by atoms with E-state index in [9.17, 15) is 4.39 Å². The maximum atomic E-state index is 9.96. The first-order valence-electron chi connectivity index (χ1n) is 17.2. The first kappa shape index (κ1) is 39.7. The first-order valence-corrected chi connectivity index (χ1v) is 18.9. The summed E-state index contributed by atoms with van der Waals surface area (Å²) in [5, 5.41) is 20.9. The fourth-order valence-corrected chi connectivity index (χ4v) is 11.5. The van der Waals surface area contributed by atoms with Gasteiger partial charge < -0.3 is 0 Å². The summed E-state index contributed by atoms with van der Waals surface area (Å²) in [4.78, 5) is 32.5. The van der Waals surface area contributed by atoms with E-state index in [4.69, 9.17) is 43.8 Å². The molecule has 2 aromatic carbocycles. The molecule has 0 atom stereocenters. The second-order valence-corrected chi connectivity index (χ2v) is 18.2. The zero-order valence-electron chi connectivity index (χ0n) is 30.8. The van der Waals surface area contributed by atoms with Gasteiger partial charge in [0.05, 0.1) is 61.8 Å². The van der Waals surface area contributed by atoms with Crippen molar-refractivity contribution in [3.05, 3.63) is 81.5 Å². The molecule has 0 saturated heterocycles. The molecule has 54 heavy (non-hydrogen) atoms. The molecular formula is C37H37Br2Cl2FN8O4. The number of nitrogens with zero attached hydrogens (tertiary/aromatic N) is 8. The first-order chi connectivity index (χ1) is 26.0. The normalized spacial score (nSPS) is 24.7. The number of hydrogen-bond acceptors (Lipinski definition) is 8. The second kappa shape index (κ2) is 16.0. The standard InChI is InChI=1S/C17H17ClN4.C11H8BrClN4.C6H9Br.CH3F.2CO2/c1-16-8-17(9-16,10-16)13-4-15-11(3-14(13)18)5-20-22(15)12-6-19-21(2)7-12;1-16-6-8(5-14-16)17-11-3-9(12)10(13)2-7(11)4-15-17;1-5-2-6(7,3-5)4-5;1-2;2*2-1-3/h3-7H,8-10H2,1-2H3;2-6H,1H3;2-4H2,1H3;1H3;;/i;;;1D;;. The Kier molecular flexibility index (Phi) is 11.8. The Labute approximate surface area is 338 Å². The summed E-state index contributed by atoms with van der Waals surface area (Å²) >= 11 is 19.7. The molecule has 0 amide bonds. The topological polar surface area (TPSA) is 140 Å². The van der Waals surface area contributed by atoms with Gasteiger partial charge in [-0.05, 0) is 101 Å². The number of hydrogen-bond donors (Lipinski definition) is 0. The summed E-state index contributed by atoms with van der Waals surface area (Å²) in [5.41, 5.74) is 7.00. The molecular weight excluding hydrogens is 870 g/mol. The SMILES string of the molecule is CC12CC(Br)(C1)C2.Cn1cc(-n2ncc3cc(Cl)c(Br)cc32)cn1.Cn1cc(-n2ncc3cc(Cl)c(C45CC(C)(C4)C5)cc32)cn1.O=C=O.O=C=O.[2H]CF. The number of benzene rings is 2. The van der Waals surface area contributed by atoms with Crippen LogP contribution in [0.2, 0.25) is 10.0 Å². The molecule has 17 heteroatoms. The van der Waals surface area contributed by atoms with Crippen LogP contribution in [0.25, 0.3) is 33.2 Å². The van der Waals surface area contributed by atoms with Gasteiger partial charge in [-0.15, -0.1) is 0 Å². The third-order valence-electron chi connectivity index (χ3n) is 10.2. The maximum absolute atomic E-state index is 9.96. The Bertz CT molecular complexity index is 2340. The molecule has 0 unspecified atom stereocenters. The quantitative estimate of drug-likeness (QED) is 0.161. The molecule has 6 fully saturated rings. The minimum Gasteiger partial charge on any atom is -0.274 e. The van der Waals surface area contributed by atoms with Crippen molar-refractivity contribution < 1.29 is 24.9 Å². The van der Waals surface area contributed by atoms with E-state index in [2.05, 4.69) is 78.2 Å². The summed E-state index contributed by atoms with van der Waals surface area (Å²) in [6.07, 6.45) is 19.8. The largest absolute Gasteiger partial charge is 0.373 e. The van der Waals surface area contributed by atoms with E-state index in [1.807, 2.05) is 60.4 Å². The van der Waals surface area contributed by atoms with E-state index < -0.39 is 7.15 Å². The maximum Gasteiger partial charge on any atom is 0.373 e. The molecule has 6 aromatic rings. The lowest BCUT2D eigenvalue weighted by Gasteiger charge is -2.70. The second-order valence-electron chi connectivity index (χ2n) is 14.9. The predicted octanol–water partition coefficient (Wildman–Crippen LogP) is 8.77. The van der Waals surface area contributed by atoms with Gasteiger partial charge in [0.1, 0.15) is 11.4 Å². The summed E-state index contributed by atoms with van der Waals surface area (Å²) in [6, 6.07) is 8.16. The number of halogens is 5. The summed E-state index contributed by atoms with van der Waals surface area (Å²) in [7, 11) is 2.79. The van der Waals surface area contributed by atoms with Gasteiger partial charge in [-0.2, -0.15) is 39.6 Å². The van der Waals surface area contributed by atoms with Gasteiger partial charge in [0, 0.05) is 38.7 Å². The van der Waals surface area contributed by atoms with Crippen LogP contribution < -0.4 is 0 Å². The van der Waals surface area contributed by atoms with Crippen LogP contribution in [0, 0.1) is 10.8 Å². The van der Waals surface area contributed by atoms with E-state index in [-0.39, 0.29) is 12.3 Å². The number of rotatable bonds is 3. The lowest BCUT2D eigenvalue weighted by molar-refractivity contribution is -0.193. The van der Waals surface area contributed by atoms with Gasteiger partial charge in [0.15, 0.2) is 0 Å². The lowest BCUT2D eigenvalue weighted by Crippen LogP contribution is -2.62. The molecule has 0 N–H and O–H groups in total. The van der Waals surface area contributed by atoms with Crippen molar-refractivity contribution >= 4 is 89.2 Å². The molecule has 12 rings (SSSR count). The Morgan fingerprint density at radius 1 is 0.722 bits per heavy atom. The molecule has 6 saturated carbocycles. The van der Waals surface area contributed by atoms with E-state index in [1.54, 1.807) is 21.8 Å². The van der Waals surface area contributed by atoms with Crippen molar-refractivity contribution in [3.63, 3.8) is 0 Å². The minimum atomic E-state index is -1.00. The van der Waals surface area contributed by atoms with Gasteiger partial charge in [0.2, 0.25) is 0 Å². The number of aromatic nitrogens is 8. The Morgan fingerprint density at radius 3 is 1.48 bits per heavy atom. The molecule has 12 nitrogen and oxygen atoms in total. The van der Waals surface area contributed by atoms with E-state index in [0.717, 1.165) is 48.1 Å². The lowest BCUT2D eigenvalue weighted by atomic mass is 9.34. The molecule has 4 heterocycles. The molecule has 0 aliphatic heterocycles. The van der Waals surface area contributed by atoms with Gasteiger partial charge >= 0.3 is 12.3 Å².